The second-order valence-corrected chi connectivity index (χ2v) is 16.4. The van der Waals surface area contributed by atoms with Gasteiger partial charge in [0.1, 0.15) is 6.10 Å². The molecule has 0 bridgehead atoms. The van der Waals surface area contributed by atoms with Crippen LogP contribution < -0.4 is 5.32 Å². The molecule has 3 saturated carbocycles. The van der Waals surface area contributed by atoms with Crippen molar-refractivity contribution in [2.45, 2.75) is 151 Å². The van der Waals surface area contributed by atoms with Gasteiger partial charge in [-0.3, -0.25) is 0 Å². The number of ether oxygens (including phenoxy) is 1. The molecule has 4 aliphatic carbocycles. The quantitative estimate of drug-likeness (QED) is 0.151. The molecule has 0 unspecified atom stereocenters. The van der Waals surface area contributed by atoms with Crippen LogP contribution in [0.25, 0.3) is 0 Å². The van der Waals surface area contributed by atoms with Crippen molar-refractivity contribution < 1.29 is 9.53 Å². The summed E-state index contributed by atoms with van der Waals surface area (Å²) in [5, 5.41) is 3.22. The van der Waals surface area contributed by atoms with Gasteiger partial charge in [0.05, 0.1) is 0 Å². The first-order valence-electron chi connectivity index (χ1n) is 18.9. The van der Waals surface area contributed by atoms with Gasteiger partial charge < -0.3 is 15.0 Å². The third kappa shape index (κ3) is 7.69. The smallest absolute Gasteiger partial charge is 0.410 e. The first-order chi connectivity index (χ1) is 20.6. The standard InChI is InChI=1S/C39H70N2O2/c1-9-11-12-25-41(26-13-24-40-8)37(42)43-32-20-22-38(6)31(27-32)16-17-33-35-19-18-34(39(35,7)23-21-36(33)38)29(5)14-15-30(10-2)28(3)4/h16,28-30,32-36,40H,9-15,17-27H2,1-8H3/t29-,30-,32+,33+,34-,35+,36+,38+,39-/m1/s1. The fourth-order valence-electron chi connectivity index (χ4n) is 10.9. The lowest BCUT2D eigenvalue weighted by molar-refractivity contribution is -0.0595. The Balaban J connectivity index is 1.38. The normalized spacial score (nSPS) is 35.0. The first-order valence-corrected chi connectivity index (χ1v) is 18.9. The molecule has 0 aliphatic heterocycles. The summed E-state index contributed by atoms with van der Waals surface area (Å²) in [6.45, 7) is 19.9. The number of allylic oxidation sites excluding steroid dienone is 1. The molecular formula is C39H70N2O2. The fourth-order valence-corrected chi connectivity index (χ4v) is 10.9. The summed E-state index contributed by atoms with van der Waals surface area (Å²) >= 11 is 0. The first kappa shape index (κ1) is 34.8. The van der Waals surface area contributed by atoms with Gasteiger partial charge in [-0.05, 0) is 130 Å². The number of nitrogens with zero attached hydrogens (tertiary/aromatic N) is 1. The Labute approximate surface area is 266 Å². The van der Waals surface area contributed by atoms with E-state index in [-0.39, 0.29) is 12.2 Å². The minimum Gasteiger partial charge on any atom is -0.446 e. The fraction of sp³-hybridized carbons (Fsp3) is 0.923. The number of fused-ring (bicyclic) bond motifs is 5. The van der Waals surface area contributed by atoms with Crippen LogP contribution in [0.3, 0.4) is 0 Å². The van der Waals surface area contributed by atoms with Crippen molar-refractivity contribution in [3.63, 3.8) is 0 Å². The van der Waals surface area contributed by atoms with Crippen molar-refractivity contribution in [1.29, 1.82) is 0 Å². The molecule has 4 nitrogen and oxygen atoms in total. The zero-order chi connectivity index (χ0) is 31.2. The third-order valence-corrected chi connectivity index (χ3v) is 13.7. The van der Waals surface area contributed by atoms with E-state index in [1.54, 1.807) is 5.57 Å². The molecular weight excluding hydrogens is 528 g/mol. The Kier molecular flexibility index (Phi) is 12.6. The van der Waals surface area contributed by atoms with Gasteiger partial charge in [-0.1, -0.05) is 85.8 Å². The number of hydrogen-bond donors (Lipinski definition) is 1. The van der Waals surface area contributed by atoms with Crippen molar-refractivity contribution >= 4 is 6.09 Å². The number of nitrogens with one attached hydrogen (secondary N) is 1. The van der Waals surface area contributed by atoms with E-state index in [4.69, 9.17) is 4.74 Å². The highest BCUT2D eigenvalue weighted by molar-refractivity contribution is 5.67. The molecule has 0 aromatic carbocycles. The number of rotatable bonds is 15. The van der Waals surface area contributed by atoms with Gasteiger partial charge in [0.15, 0.2) is 0 Å². The maximum atomic E-state index is 13.3. The second-order valence-electron chi connectivity index (χ2n) is 16.4. The van der Waals surface area contributed by atoms with E-state index < -0.39 is 0 Å². The molecule has 0 spiro atoms. The Bertz CT molecular complexity index is 905. The van der Waals surface area contributed by atoms with Crippen LogP contribution in [0.15, 0.2) is 11.6 Å². The highest BCUT2D eigenvalue weighted by Crippen LogP contribution is 2.67. The van der Waals surface area contributed by atoms with Crippen LogP contribution in [-0.2, 0) is 4.74 Å². The van der Waals surface area contributed by atoms with E-state index in [0.29, 0.717) is 10.8 Å². The molecule has 9 atom stereocenters. The van der Waals surface area contributed by atoms with Crippen molar-refractivity contribution in [1.82, 2.24) is 10.2 Å². The molecule has 0 aromatic heterocycles. The van der Waals surface area contributed by atoms with Crippen LogP contribution in [-0.4, -0.2) is 43.8 Å². The SMILES string of the molecule is CCCCCN(CCCNC)C(=O)O[C@H]1CC[C@@]2(C)C(=CC[C@H]3[C@@H]4CC[C@H]([C@H](C)CC[C@@H](CC)C(C)C)[C@@]4(C)CC[C@@H]32)C1. The minimum absolute atomic E-state index is 0.0460. The average molecular weight is 599 g/mol. The molecule has 4 heteroatoms. The lowest BCUT2D eigenvalue weighted by Gasteiger charge is -2.58. The van der Waals surface area contributed by atoms with Crippen LogP contribution in [0.4, 0.5) is 4.79 Å². The molecule has 4 rings (SSSR count). The van der Waals surface area contributed by atoms with E-state index in [9.17, 15) is 4.79 Å². The lowest BCUT2D eigenvalue weighted by atomic mass is 9.47. The van der Waals surface area contributed by atoms with E-state index in [1.807, 2.05) is 11.9 Å². The predicted octanol–water partition coefficient (Wildman–Crippen LogP) is 10.3. The maximum absolute atomic E-state index is 13.3. The Morgan fingerprint density at radius 3 is 2.47 bits per heavy atom. The predicted molar refractivity (Wildman–Crippen MR) is 182 cm³/mol. The molecule has 3 fully saturated rings. The van der Waals surface area contributed by atoms with Gasteiger partial charge in [0, 0.05) is 19.5 Å². The topological polar surface area (TPSA) is 41.6 Å². The molecule has 248 valence electrons. The molecule has 1 N–H and O–H groups in total. The minimum atomic E-state index is -0.0757. The van der Waals surface area contributed by atoms with Crippen molar-refractivity contribution in [3.05, 3.63) is 11.6 Å². The van der Waals surface area contributed by atoms with Crippen LogP contribution in [0.2, 0.25) is 0 Å². The van der Waals surface area contributed by atoms with Gasteiger partial charge in [-0.15, -0.1) is 0 Å². The number of amides is 1. The molecule has 43 heavy (non-hydrogen) atoms. The number of carbonyl (C=O) groups is 1. The monoisotopic (exact) mass is 599 g/mol. The van der Waals surface area contributed by atoms with Crippen molar-refractivity contribution in [2.24, 2.45) is 52.3 Å². The summed E-state index contributed by atoms with van der Waals surface area (Å²) in [5.74, 6) is 6.03. The van der Waals surface area contributed by atoms with Gasteiger partial charge >= 0.3 is 6.09 Å². The Morgan fingerprint density at radius 2 is 1.77 bits per heavy atom. The summed E-state index contributed by atoms with van der Waals surface area (Å²) in [5.41, 5.74) is 2.45. The van der Waals surface area contributed by atoms with Crippen LogP contribution in [0.1, 0.15) is 145 Å². The zero-order valence-electron chi connectivity index (χ0n) is 29.7. The molecule has 0 saturated heterocycles. The summed E-state index contributed by atoms with van der Waals surface area (Å²) in [6.07, 6.45) is 21.3. The van der Waals surface area contributed by atoms with Gasteiger partial charge in [-0.25, -0.2) is 4.79 Å². The zero-order valence-corrected chi connectivity index (χ0v) is 29.7. The molecule has 1 amide bonds. The van der Waals surface area contributed by atoms with Gasteiger partial charge in [-0.2, -0.15) is 0 Å². The molecule has 4 aliphatic rings. The van der Waals surface area contributed by atoms with Gasteiger partial charge in [0.25, 0.3) is 0 Å². The summed E-state index contributed by atoms with van der Waals surface area (Å²) < 4.78 is 6.26. The average Bonchev–Trinajstić information content (AvgIpc) is 3.34. The molecule has 0 aromatic rings. The third-order valence-electron chi connectivity index (χ3n) is 13.7. The molecule has 0 heterocycles. The van der Waals surface area contributed by atoms with E-state index >= 15 is 0 Å². The van der Waals surface area contributed by atoms with E-state index in [2.05, 4.69) is 59.9 Å². The number of carbonyl (C=O) groups excluding carboxylic acids is 1. The van der Waals surface area contributed by atoms with Crippen molar-refractivity contribution in [2.75, 3.05) is 26.7 Å². The van der Waals surface area contributed by atoms with Crippen LogP contribution >= 0.6 is 0 Å². The summed E-state index contributed by atoms with van der Waals surface area (Å²) in [4.78, 5) is 15.3. The highest BCUT2D eigenvalue weighted by atomic mass is 16.6. The Hall–Kier alpha value is -1.03. The molecule has 0 radical (unpaired) electrons. The van der Waals surface area contributed by atoms with Crippen LogP contribution in [0, 0.1) is 52.3 Å². The Morgan fingerprint density at radius 1 is 1.00 bits per heavy atom. The highest BCUT2D eigenvalue weighted by Gasteiger charge is 2.59. The van der Waals surface area contributed by atoms with Crippen molar-refractivity contribution in [3.8, 4) is 0 Å². The van der Waals surface area contributed by atoms with Gasteiger partial charge in [0.2, 0.25) is 0 Å². The number of unbranched alkanes of at least 4 members (excludes halogenated alkanes) is 2. The number of hydrogen-bond acceptors (Lipinski definition) is 3. The second kappa shape index (κ2) is 15.5. The maximum Gasteiger partial charge on any atom is 0.410 e. The lowest BCUT2D eigenvalue weighted by Crippen LogP contribution is -2.51. The summed E-state index contributed by atoms with van der Waals surface area (Å²) in [7, 11) is 1.98. The van der Waals surface area contributed by atoms with E-state index in [1.165, 1.54) is 70.6 Å². The van der Waals surface area contributed by atoms with E-state index in [0.717, 1.165) is 86.7 Å². The summed E-state index contributed by atoms with van der Waals surface area (Å²) in [6, 6.07) is 0. The van der Waals surface area contributed by atoms with Crippen LogP contribution in [0.5, 0.6) is 0 Å². The largest absolute Gasteiger partial charge is 0.446 e.